The van der Waals surface area contributed by atoms with Crippen LogP contribution >= 0.6 is 0 Å². The molecule has 2 nitrogen and oxygen atoms in total. The Kier molecular flexibility index (Phi) is 4.59. The summed E-state index contributed by atoms with van der Waals surface area (Å²) in [6.45, 7) is 5.64. The van der Waals surface area contributed by atoms with Gasteiger partial charge in [0.15, 0.2) is 0 Å². The van der Waals surface area contributed by atoms with Crippen molar-refractivity contribution >= 4 is 0 Å². The maximum atomic E-state index is 8.72. The first kappa shape index (κ1) is 11.7. The normalized spacial score (nSPS) is 8.50. The van der Waals surface area contributed by atoms with E-state index in [1.165, 1.54) is 0 Å². The second-order valence-corrected chi connectivity index (χ2v) is 2.55. The molecule has 0 spiro atoms. The van der Waals surface area contributed by atoms with Crippen LogP contribution in [0.4, 0.5) is 0 Å². The molecular weight excluding hydrogens is 225 g/mol. The Morgan fingerprint density at radius 1 is 1.33 bits per heavy atom. The molecule has 1 rings (SSSR count). The monoisotopic (exact) mass is 234 g/mol. The van der Waals surface area contributed by atoms with Crippen molar-refractivity contribution < 1.29 is 32.7 Å². The molecule has 59 valence electrons. The molecule has 0 unspecified atom stereocenters. The molecule has 0 saturated heterocycles. The minimum absolute atomic E-state index is 0. The van der Waals surface area contributed by atoms with Gasteiger partial charge in [0.2, 0.25) is 0 Å². The minimum atomic E-state index is 0. The Labute approximate surface area is 97.9 Å². The Bertz CT molecular complexity index is 326. The second-order valence-electron chi connectivity index (χ2n) is 2.55. The van der Waals surface area contributed by atoms with E-state index in [1.54, 1.807) is 0 Å². The van der Waals surface area contributed by atoms with Gasteiger partial charge in [-0.15, -0.1) is 11.1 Å². The topological polar surface area (TPSA) is 36.7 Å². The Hall–Kier alpha value is -0.256. The van der Waals surface area contributed by atoms with Crippen LogP contribution in [0.5, 0.6) is 0 Å². The van der Waals surface area contributed by atoms with Crippen LogP contribution in [0.15, 0.2) is 0 Å². The molecule has 0 amide bonds. The number of hydrogen-bond donors (Lipinski definition) is 0. The van der Waals surface area contributed by atoms with E-state index in [1.807, 2.05) is 20.8 Å². The van der Waals surface area contributed by atoms with Crippen LogP contribution in [-0.4, -0.2) is 4.98 Å². The van der Waals surface area contributed by atoms with Gasteiger partial charge in [-0.1, -0.05) is 32.7 Å². The van der Waals surface area contributed by atoms with E-state index in [0.29, 0.717) is 5.56 Å². The molecule has 0 aromatic carbocycles. The number of aryl methyl sites for hydroxylation is 2. The van der Waals surface area contributed by atoms with Gasteiger partial charge in [0.25, 0.3) is 0 Å². The van der Waals surface area contributed by atoms with E-state index in [9.17, 15) is 0 Å². The van der Waals surface area contributed by atoms with Gasteiger partial charge < -0.3 is 4.98 Å². The van der Waals surface area contributed by atoms with Crippen LogP contribution in [0.25, 0.3) is 0 Å². The summed E-state index contributed by atoms with van der Waals surface area (Å²) >= 11 is 0. The molecule has 0 atom stereocenters. The van der Waals surface area contributed by atoms with Crippen LogP contribution < -0.4 is 0 Å². The fraction of sp³-hybridized carbons (Fsp3) is 0.333. The van der Waals surface area contributed by atoms with Crippen LogP contribution in [0.1, 0.15) is 22.4 Å². The van der Waals surface area contributed by atoms with Crippen molar-refractivity contribution in [1.82, 2.24) is 4.98 Å². The van der Waals surface area contributed by atoms with Crippen molar-refractivity contribution in [2.75, 3.05) is 0 Å². The molecular formula is C9H9N2Y-. The summed E-state index contributed by atoms with van der Waals surface area (Å²) in [6, 6.07) is 2.12. The van der Waals surface area contributed by atoms with E-state index < -0.39 is 0 Å². The summed E-state index contributed by atoms with van der Waals surface area (Å²) < 4.78 is 0. The van der Waals surface area contributed by atoms with Crippen molar-refractivity contribution in [3.05, 3.63) is 28.6 Å². The molecule has 1 aromatic rings. The molecule has 12 heavy (non-hydrogen) atoms. The van der Waals surface area contributed by atoms with E-state index in [-0.39, 0.29) is 32.7 Å². The third kappa shape index (κ3) is 2.12. The van der Waals surface area contributed by atoms with E-state index in [0.717, 1.165) is 16.8 Å². The molecule has 0 N–H and O–H groups in total. The fourth-order valence-corrected chi connectivity index (χ4v) is 0.931. The van der Waals surface area contributed by atoms with Gasteiger partial charge in [0.1, 0.15) is 0 Å². The predicted molar refractivity (Wildman–Crippen MR) is 42.0 cm³/mol. The van der Waals surface area contributed by atoms with Crippen LogP contribution in [0.3, 0.4) is 0 Å². The van der Waals surface area contributed by atoms with Crippen molar-refractivity contribution in [2.45, 2.75) is 20.8 Å². The Morgan fingerprint density at radius 3 is 2.33 bits per heavy atom. The fourth-order valence-electron chi connectivity index (χ4n) is 0.931. The number of rotatable bonds is 0. The van der Waals surface area contributed by atoms with Gasteiger partial charge in [-0.25, -0.2) is 0 Å². The van der Waals surface area contributed by atoms with Crippen molar-refractivity contribution in [2.24, 2.45) is 0 Å². The summed E-state index contributed by atoms with van der Waals surface area (Å²) in [6.07, 6.45) is 2.84. The van der Waals surface area contributed by atoms with Crippen LogP contribution in [-0.2, 0) is 32.7 Å². The largest absolute Gasteiger partial charge is 0.390 e. The number of nitrogens with zero attached hydrogens (tertiary/aromatic N) is 2. The summed E-state index contributed by atoms with van der Waals surface area (Å²) in [5, 5.41) is 8.72. The van der Waals surface area contributed by atoms with Crippen LogP contribution in [0.2, 0.25) is 0 Å². The zero-order chi connectivity index (χ0) is 8.43. The summed E-state index contributed by atoms with van der Waals surface area (Å²) in [5.41, 5.74) is 3.38. The molecule has 0 fully saturated rings. The zero-order valence-electron chi connectivity index (χ0n) is 7.47. The van der Waals surface area contributed by atoms with Crippen molar-refractivity contribution in [3.63, 3.8) is 0 Å². The van der Waals surface area contributed by atoms with E-state index in [4.69, 9.17) is 5.26 Å². The third-order valence-electron chi connectivity index (χ3n) is 1.80. The molecule has 1 heterocycles. The molecule has 0 aliphatic rings. The number of pyridine rings is 1. The minimum Gasteiger partial charge on any atom is -0.390 e. The number of hydrogen-bond acceptors (Lipinski definition) is 2. The standard InChI is InChI=1S/C9H9N2.Y/c1-6-5-11-8(3)9(4-10)7(6)2;/h1-3H3;/q-1;. The SMILES string of the molecule is Cc1[c-]nc(C)c(C#N)c1C.[Y]. The first-order valence-electron chi connectivity index (χ1n) is 3.42. The Morgan fingerprint density at radius 2 is 1.92 bits per heavy atom. The van der Waals surface area contributed by atoms with Gasteiger partial charge in [-0.05, 0) is 5.56 Å². The molecule has 1 aromatic heterocycles. The second kappa shape index (κ2) is 4.69. The summed E-state index contributed by atoms with van der Waals surface area (Å²) in [4.78, 5) is 3.96. The van der Waals surface area contributed by atoms with Gasteiger partial charge in [0, 0.05) is 32.7 Å². The molecule has 1 radical (unpaired) electrons. The van der Waals surface area contributed by atoms with E-state index in [2.05, 4.69) is 17.3 Å². The first-order valence-corrected chi connectivity index (χ1v) is 3.42. The van der Waals surface area contributed by atoms with Crippen LogP contribution in [0, 0.1) is 38.3 Å². The average molecular weight is 234 g/mol. The van der Waals surface area contributed by atoms with Crippen molar-refractivity contribution in [3.8, 4) is 6.07 Å². The zero-order valence-corrected chi connectivity index (χ0v) is 10.3. The third-order valence-corrected chi connectivity index (χ3v) is 1.80. The quantitative estimate of drug-likeness (QED) is 0.640. The molecule has 3 heteroatoms. The Balaban J connectivity index is 0.00000121. The first-order chi connectivity index (χ1) is 5.16. The maximum Gasteiger partial charge on any atom is 0.0746 e. The number of aromatic nitrogens is 1. The summed E-state index contributed by atoms with van der Waals surface area (Å²) in [5.74, 6) is 0. The molecule has 0 aliphatic carbocycles. The maximum absolute atomic E-state index is 8.72. The van der Waals surface area contributed by atoms with Gasteiger partial charge in [-0.3, -0.25) is 0 Å². The van der Waals surface area contributed by atoms with Gasteiger partial charge in [-0.2, -0.15) is 5.26 Å². The van der Waals surface area contributed by atoms with Gasteiger partial charge in [0.05, 0.1) is 6.07 Å². The molecule has 0 saturated carbocycles. The smallest absolute Gasteiger partial charge is 0.0746 e. The van der Waals surface area contributed by atoms with Crippen molar-refractivity contribution in [1.29, 1.82) is 5.26 Å². The molecule has 0 aliphatic heterocycles. The van der Waals surface area contributed by atoms with Gasteiger partial charge >= 0.3 is 0 Å². The average Bonchev–Trinajstić information content (AvgIpc) is 1.99. The van der Waals surface area contributed by atoms with E-state index >= 15 is 0 Å². The molecule has 0 bridgehead atoms. The summed E-state index contributed by atoms with van der Waals surface area (Å²) in [7, 11) is 0. The number of nitriles is 1. The predicted octanol–water partition coefficient (Wildman–Crippen LogP) is 1.68.